The predicted molar refractivity (Wildman–Crippen MR) is 80.6 cm³/mol. The standard InChI is InChI=1S/C15H32O2S/c1-6-10-14(13-15(2,3)4)11-8-7-9-12-18(5,16)17/h14H,6-13H2,1-5H3. The molecule has 0 N–H and O–H groups in total. The van der Waals surface area contributed by atoms with E-state index in [1.165, 1.54) is 38.4 Å². The topological polar surface area (TPSA) is 34.1 Å². The van der Waals surface area contributed by atoms with Gasteiger partial charge in [-0.25, -0.2) is 8.42 Å². The van der Waals surface area contributed by atoms with Gasteiger partial charge >= 0.3 is 0 Å². The third-order valence-electron chi connectivity index (χ3n) is 3.23. The molecule has 0 aliphatic heterocycles. The molecule has 0 heterocycles. The summed E-state index contributed by atoms with van der Waals surface area (Å²) in [6.45, 7) is 9.16. The summed E-state index contributed by atoms with van der Waals surface area (Å²) in [6.07, 6.45) is 9.49. The first-order valence-corrected chi connectivity index (χ1v) is 9.38. The van der Waals surface area contributed by atoms with Gasteiger partial charge in [-0.1, -0.05) is 59.8 Å². The summed E-state index contributed by atoms with van der Waals surface area (Å²) in [6, 6.07) is 0. The van der Waals surface area contributed by atoms with Crippen molar-refractivity contribution in [3.05, 3.63) is 0 Å². The Balaban J connectivity index is 3.84. The Labute approximate surface area is 114 Å². The first-order valence-electron chi connectivity index (χ1n) is 7.32. The molecule has 0 radical (unpaired) electrons. The van der Waals surface area contributed by atoms with Crippen LogP contribution in [0.2, 0.25) is 0 Å². The lowest BCUT2D eigenvalue weighted by Crippen LogP contribution is -2.13. The third-order valence-corrected chi connectivity index (χ3v) is 4.26. The normalized spacial score (nSPS) is 14.7. The van der Waals surface area contributed by atoms with Crippen molar-refractivity contribution < 1.29 is 8.42 Å². The number of sulfone groups is 1. The van der Waals surface area contributed by atoms with Crippen LogP contribution in [0.5, 0.6) is 0 Å². The zero-order valence-electron chi connectivity index (χ0n) is 13.0. The quantitative estimate of drug-likeness (QED) is 0.583. The molecule has 0 bridgehead atoms. The fourth-order valence-corrected chi connectivity index (χ4v) is 3.33. The first-order chi connectivity index (χ1) is 8.14. The predicted octanol–water partition coefficient (Wildman–Crippen LogP) is 4.44. The van der Waals surface area contributed by atoms with E-state index in [0.29, 0.717) is 11.2 Å². The summed E-state index contributed by atoms with van der Waals surface area (Å²) in [5, 5.41) is 0. The van der Waals surface area contributed by atoms with Gasteiger partial charge in [-0.2, -0.15) is 0 Å². The number of unbranched alkanes of at least 4 members (excludes halogenated alkanes) is 2. The second-order valence-electron chi connectivity index (χ2n) is 6.90. The van der Waals surface area contributed by atoms with Crippen LogP contribution in [0.25, 0.3) is 0 Å². The van der Waals surface area contributed by atoms with Crippen LogP contribution in [-0.2, 0) is 9.84 Å². The van der Waals surface area contributed by atoms with Crippen molar-refractivity contribution in [1.29, 1.82) is 0 Å². The lowest BCUT2D eigenvalue weighted by molar-refractivity contribution is 0.264. The van der Waals surface area contributed by atoms with Crippen LogP contribution < -0.4 is 0 Å². The highest BCUT2D eigenvalue weighted by Crippen LogP contribution is 2.30. The van der Waals surface area contributed by atoms with Crippen LogP contribution in [0.4, 0.5) is 0 Å². The van der Waals surface area contributed by atoms with Crippen LogP contribution in [0.1, 0.15) is 72.6 Å². The van der Waals surface area contributed by atoms with Crippen molar-refractivity contribution in [2.24, 2.45) is 11.3 Å². The van der Waals surface area contributed by atoms with Gasteiger partial charge in [-0.15, -0.1) is 0 Å². The van der Waals surface area contributed by atoms with Crippen LogP contribution in [0.15, 0.2) is 0 Å². The van der Waals surface area contributed by atoms with Crippen LogP contribution in [-0.4, -0.2) is 20.4 Å². The van der Waals surface area contributed by atoms with Crippen molar-refractivity contribution >= 4 is 9.84 Å². The third kappa shape index (κ3) is 12.4. The summed E-state index contributed by atoms with van der Waals surface area (Å²) in [5.41, 5.74) is 0.409. The molecule has 0 aromatic carbocycles. The molecule has 0 spiro atoms. The fourth-order valence-electron chi connectivity index (χ4n) is 2.60. The molecule has 0 aromatic heterocycles. The fraction of sp³-hybridized carbons (Fsp3) is 1.00. The van der Waals surface area contributed by atoms with Crippen molar-refractivity contribution in [3.63, 3.8) is 0 Å². The van der Waals surface area contributed by atoms with Crippen LogP contribution >= 0.6 is 0 Å². The second kappa shape index (κ2) is 8.19. The Morgan fingerprint density at radius 3 is 2.06 bits per heavy atom. The van der Waals surface area contributed by atoms with Crippen LogP contribution in [0.3, 0.4) is 0 Å². The summed E-state index contributed by atoms with van der Waals surface area (Å²) in [5.74, 6) is 1.17. The first kappa shape index (κ1) is 17.9. The maximum absolute atomic E-state index is 11.0. The molecular weight excluding hydrogens is 244 g/mol. The van der Waals surface area contributed by atoms with Gasteiger partial charge in [-0.05, 0) is 24.2 Å². The smallest absolute Gasteiger partial charge is 0.147 e. The van der Waals surface area contributed by atoms with E-state index in [-0.39, 0.29) is 0 Å². The molecular formula is C15H32O2S. The number of hydrogen-bond donors (Lipinski definition) is 0. The van der Waals surface area contributed by atoms with E-state index >= 15 is 0 Å². The lowest BCUT2D eigenvalue weighted by atomic mass is 9.80. The van der Waals surface area contributed by atoms with Gasteiger partial charge in [0.1, 0.15) is 9.84 Å². The number of hydrogen-bond acceptors (Lipinski definition) is 2. The SMILES string of the molecule is CCCC(CCCCCS(C)(=O)=O)CC(C)(C)C. The number of rotatable bonds is 9. The van der Waals surface area contributed by atoms with Crippen molar-refractivity contribution in [1.82, 2.24) is 0 Å². The lowest BCUT2D eigenvalue weighted by Gasteiger charge is -2.25. The minimum absolute atomic E-state index is 0.352. The molecule has 3 heteroatoms. The zero-order chi connectivity index (χ0) is 14.2. The van der Waals surface area contributed by atoms with E-state index in [2.05, 4.69) is 27.7 Å². The second-order valence-corrected chi connectivity index (χ2v) is 9.16. The molecule has 110 valence electrons. The Morgan fingerprint density at radius 2 is 1.61 bits per heavy atom. The largest absolute Gasteiger partial charge is 0.229 e. The van der Waals surface area contributed by atoms with Crippen molar-refractivity contribution in [2.45, 2.75) is 72.6 Å². The minimum Gasteiger partial charge on any atom is -0.229 e. The molecule has 0 aliphatic rings. The van der Waals surface area contributed by atoms with Crippen LogP contribution in [0, 0.1) is 11.3 Å². The minimum atomic E-state index is -2.76. The monoisotopic (exact) mass is 276 g/mol. The molecule has 0 amide bonds. The van der Waals surface area contributed by atoms with Gasteiger partial charge in [0.25, 0.3) is 0 Å². The molecule has 0 aliphatic carbocycles. The maximum Gasteiger partial charge on any atom is 0.147 e. The molecule has 0 aromatic rings. The van der Waals surface area contributed by atoms with Gasteiger partial charge in [0.15, 0.2) is 0 Å². The van der Waals surface area contributed by atoms with Crippen molar-refractivity contribution in [3.8, 4) is 0 Å². The Kier molecular flexibility index (Phi) is 8.16. The summed E-state index contributed by atoms with van der Waals surface area (Å²) in [4.78, 5) is 0. The molecule has 0 fully saturated rings. The Hall–Kier alpha value is -0.0500. The van der Waals surface area contributed by atoms with E-state index in [1.807, 2.05) is 0 Å². The molecule has 0 rings (SSSR count). The molecule has 1 atom stereocenters. The Bertz CT molecular complexity index is 299. The molecule has 18 heavy (non-hydrogen) atoms. The highest BCUT2D eigenvalue weighted by molar-refractivity contribution is 7.90. The zero-order valence-corrected chi connectivity index (χ0v) is 13.8. The van der Waals surface area contributed by atoms with E-state index in [9.17, 15) is 8.42 Å². The van der Waals surface area contributed by atoms with E-state index < -0.39 is 9.84 Å². The van der Waals surface area contributed by atoms with Gasteiger partial charge < -0.3 is 0 Å². The molecule has 0 saturated carbocycles. The van der Waals surface area contributed by atoms with Gasteiger partial charge in [0.2, 0.25) is 0 Å². The molecule has 2 nitrogen and oxygen atoms in total. The van der Waals surface area contributed by atoms with Gasteiger partial charge in [0.05, 0.1) is 0 Å². The van der Waals surface area contributed by atoms with Gasteiger partial charge in [0, 0.05) is 12.0 Å². The Morgan fingerprint density at radius 1 is 1.00 bits per heavy atom. The summed E-state index contributed by atoms with van der Waals surface area (Å²) < 4.78 is 22.0. The summed E-state index contributed by atoms with van der Waals surface area (Å²) >= 11 is 0. The average molecular weight is 276 g/mol. The van der Waals surface area contributed by atoms with E-state index in [0.717, 1.165) is 18.8 Å². The van der Waals surface area contributed by atoms with E-state index in [1.54, 1.807) is 0 Å². The highest BCUT2D eigenvalue weighted by atomic mass is 32.2. The molecule has 1 unspecified atom stereocenters. The van der Waals surface area contributed by atoms with E-state index in [4.69, 9.17) is 0 Å². The molecule has 0 saturated heterocycles. The summed E-state index contributed by atoms with van der Waals surface area (Å²) in [7, 11) is -2.76. The highest BCUT2D eigenvalue weighted by Gasteiger charge is 2.17. The maximum atomic E-state index is 11.0. The van der Waals surface area contributed by atoms with Crippen molar-refractivity contribution in [2.75, 3.05) is 12.0 Å². The van der Waals surface area contributed by atoms with Gasteiger partial charge in [-0.3, -0.25) is 0 Å². The average Bonchev–Trinajstić information content (AvgIpc) is 2.13.